The number of thioether (sulfide) groups is 1. The van der Waals surface area contributed by atoms with Gasteiger partial charge in [0.15, 0.2) is 9.84 Å². The number of benzene rings is 2. The lowest BCUT2D eigenvalue weighted by Crippen LogP contribution is -2.31. The largest absolute Gasteiger partial charge is 0.450 e. The summed E-state index contributed by atoms with van der Waals surface area (Å²) in [5.74, 6) is -3.55. The normalized spacial score (nSPS) is 12.9. The molecule has 4 nitrogen and oxygen atoms in total. The Balaban J connectivity index is 0.000000382. The van der Waals surface area contributed by atoms with Gasteiger partial charge in [-0.1, -0.05) is 64.1 Å². The fourth-order valence-corrected chi connectivity index (χ4v) is 5.59. The summed E-state index contributed by atoms with van der Waals surface area (Å²) in [5, 5.41) is 0. The molecular formula is C26H30F6O4S2. The van der Waals surface area contributed by atoms with Crippen LogP contribution in [0.15, 0.2) is 58.3 Å². The molecule has 0 heterocycles. The van der Waals surface area contributed by atoms with Crippen LogP contribution in [0.3, 0.4) is 0 Å². The van der Waals surface area contributed by atoms with E-state index in [2.05, 4.69) is 0 Å². The maximum Gasteiger partial charge on any atom is 0.450 e. The van der Waals surface area contributed by atoms with Crippen LogP contribution in [0.4, 0.5) is 26.3 Å². The van der Waals surface area contributed by atoms with E-state index < -0.39 is 57.4 Å². The molecule has 0 N–H and O–H groups in total. The van der Waals surface area contributed by atoms with Gasteiger partial charge >= 0.3 is 12.4 Å². The molecule has 0 unspecified atom stereocenters. The Morgan fingerprint density at radius 1 is 0.711 bits per heavy atom. The zero-order valence-electron chi connectivity index (χ0n) is 21.8. The van der Waals surface area contributed by atoms with Gasteiger partial charge in [0.25, 0.3) is 0 Å². The lowest BCUT2D eigenvalue weighted by molar-refractivity contribution is -0.172. The minimum atomic E-state index is -4.92. The van der Waals surface area contributed by atoms with Crippen molar-refractivity contribution in [2.45, 2.75) is 73.5 Å². The molecule has 12 heteroatoms. The fraction of sp³-hybridized carbons (Fsp3) is 0.462. The van der Waals surface area contributed by atoms with Crippen molar-refractivity contribution < 1.29 is 44.3 Å². The fourth-order valence-electron chi connectivity index (χ4n) is 3.75. The first kappa shape index (κ1) is 33.7. The van der Waals surface area contributed by atoms with Crippen molar-refractivity contribution in [3.63, 3.8) is 0 Å². The maximum atomic E-state index is 12.4. The van der Waals surface area contributed by atoms with E-state index in [9.17, 15) is 44.3 Å². The topological polar surface area (TPSA) is 68.3 Å². The quantitative estimate of drug-likeness (QED) is 0.245. The number of alkyl halides is 6. The number of carbonyl (C=O) groups is 2. The summed E-state index contributed by atoms with van der Waals surface area (Å²) >= 11 is 1.46. The first-order valence-corrected chi connectivity index (χ1v) is 14.3. The van der Waals surface area contributed by atoms with E-state index in [0.29, 0.717) is 0 Å². The number of sulfone groups is 1. The average molecular weight is 585 g/mol. The number of halogens is 6. The standard InChI is InChI=1S/C13H15F3O3S.C13H15F3OS/c1-12(2,8-11(17)13(14,15)16)9-6-4-5-7-10(9)20(3,18)19;1-12(2,8-11(17)13(14,15)16)9-6-4-5-7-10(9)18-3/h4-7H,8H2,1-3H3;4-7H,8H2,1-3H3. The molecule has 2 aromatic carbocycles. The van der Waals surface area contributed by atoms with Gasteiger partial charge < -0.3 is 0 Å². The lowest BCUT2D eigenvalue weighted by Gasteiger charge is -2.27. The number of ketones is 2. The van der Waals surface area contributed by atoms with Gasteiger partial charge in [0.05, 0.1) is 4.90 Å². The third-order valence-electron chi connectivity index (χ3n) is 5.69. The number of rotatable bonds is 8. The van der Waals surface area contributed by atoms with Gasteiger partial charge in [0, 0.05) is 24.0 Å². The van der Waals surface area contributed by atoms with Crippen LogP contribution in [0.5, 0.6) is 0 Å². The summed E-state index contributed by atoms with van der Waals surface area (Å²) in [5.41, 5.74) is -1.08. The van der Waals surface area contributed by atoms with Gasteiger partial charge in [-0.25, -0.2) is 8.42 Å². The predicted molar refractivity (Wildman–Crippen MR) is 135 cm³/mol. The van der Waals surface area contributed by atoms with Gasteiger partial charge in [0.1, 0.15) is 0 Å². The van der Waals surface area contributed by atoms with E-state index in [1.165, 1.54) is 49.9 Å². The van der Waals surface area contributed by atoms with E-state index in [1.807, 2.05) is 18.4 Å². The molecule has 0 amide bonds. The highest BCUT2D eigenvalue weighted by Crippen LogP contribution is 2.37. The van der Waals surface area contributed by atoms with Crippen LogP contribution in [0, 0.1) is 0 Å². The van der Waals surface area contributed by atoms with E-state index in [1.54, 1.807) is 26.0 Å². The van der Waals surface area contributed by atoms with Gasteiger partial charge in [-0.05, 0) is 40.3 Å². The summed E-state index contributed by atoms with van der Waals surface area (Å²) in [6.07, 6.45) is -8.17. The molecule has 38 heavy (non-hydrogen) atoms. The van der Waals surface area contributed by atoms with Crippen molar-refractivity contribution in [3.8, 4) is 0 Å². The lowest BCUT2D eigenvalue weighted by atomic mass is 9.80. The monoisotopic (exact) mass is 584 g/mol. The Bertz CT molecular complexity index is 1250. The second-order valence-electron chi connectivity index (χ2n) is 9.93. The first-order valence-electron chi connectivity index (χ1n) is 11.2. The van der Waals surface area contributed by atoms with Crippen LogP contribution in [-0.2, 0) is 30.3 Å². The third-order valence-corrected chi connectivity index (χ3v) is 7.64. The summed E-state index contributed by atoms with van der Waals surface area (Å²) in [6.45, 7) is 6.15. The van der Waals surface area contributed by atoms with Crippen molar-refractivity contribution in [2.24, 2.45) is 0 Å². The maximum absolute atomic E-state index is 12.4. The van der Waals surface area contributed by atoms with Crippen LogP contribution in [0.25, 0.3) is 0 Å². The molecule has 0 saturated heterocycles. The van der Waals surface area contributed by atoms with E-state index >= 15 is 0 Å². The van der Waals surface area contributed by atoms with Crippen molar-refractivity contribution in [1.82, 2.24) is 0 Å². The van der Waals surface area contributed by atoms with Crippen LogP contribution < -0.4 is 0 Å². The first-order chi connectivity index (χ1) is 17.0. The van der Waals surface area contributed by atoms with E-state index in [4.69, 9.17) is 0 Å². The molecule has 0 aliphatic carbocycles. The van der Waals surface area contributed by atoms with Crippen molar-refractivity contribution >= 4 is 33.2 Å². The molecule has 0 bridgehead atoms. The highest BCUT2D eigenvalue weighted by atomic mass is 32.2. The Labute approximate surface area is 223 Å². The van der Waals surface area contributed by atoms with Gasteiger partial charge in [-0.3, -0.25) is 9.59 Å². The highest BCUT2D eigenvalue weighted by Gasteiger charge is 2.43. The summed E-state index contributed by atoms with van der Waals surface area (Å²) in [6, 6.07) is 13.0. The van der Waals surface area contributed by atoms with Gasteiger partial charge in [-0.2, -0.15) is 26.3 Å². The summed E-state index contributed by atoms with van der Waals surface area (Å²) in [7, 11) is -3.58. The van der Waals surface area contributed by atoms with Crippen LogP contribution in [0.2, 0.25) is 0 Å². The Morgan fingerprint density at radius 3 is 1.47 bits per heavy atom. The summed E-state index contributed by atoms with van der Waals surface area (Å²) < 4.78 is 97.4. The predicted octanol–water partition coefficient (Wildman–Crippen LogP) is 7.10. The molecule has 0 spiro atoms. The van der Waals surface area contributed by atoms with E-state index in [-0.39, 0.29) is 10.5 Å². The Morgan fingerprint density at radius 2 is 1.08 bits per heavy atom. The minimum absolute atomic E-state index is 0.0556. The molecule has 0 aliphatic rings. The SMILES string of the molecule is CC(C)(CC(=O)C(F)(F)F)c1ccccc1S(C)(=O)=O.CSc1ccccc1C(C)(C)CC(=O)C(F)(F)F. The second kappa shape index (κ2) is 12.2. The second-order valence-corrected chi connectivity index (χ2v) is 12.8. The number of carbonyl (C=O) groups excluding carboxylic acids is 2. The Kier molecular flexibility index (Phi) is 10.8. The van der Waals surface area contributed by atoms with Crippen molar-refractivity contribution in [1.29, 1.82) is 0 Å². The molecular weight excluding hydrogens is 554 g/mol. The average Bonchev–Trinajstić information content (AvgIpc) is 2.77. The number of hydrogen-bond donors (Lipinski definition) is 0. The molecule has 2 aromatic rings. The molecule has 0 aromatic heterocycles. The molecule has 0 aliphatic heterocycles. The summed E-state index contributed by atoms with van der Waals surface area (Å²) in [4.78, 5) is 23.1. The smallest absolute Gasteiger partial charge is 0.290 e. The molecule has 2 rings (SSSR count). The Hall–Kier alpha value is -2.34. The van der Waals surface area contributed by atoms with Gasteiger partial charge in [-0.15, -0.1) is 11.8 Å². The van der Waals surface area contributed by atoms with E-state index in [0.717, 1.165) is 16.7 Å². The minimum Gasteiger partial charge on any atom is -0.290 e. The highest BCUT2D eigenvalue weighted by molar-refractivity contribution is 7.98. The molecule has 0 saturated carbocycles. The molecule has 0 radical (unpaired) electrons. The van der Waals surface area contributed by atoms with Crippen LogP contribution in [-0.4, -0.2) is 44.8 Å². The zero-order chi connectivity index (χ0) is 29.7. The van der Waals surface area contributed by atoms with Crippen molar-refractivity contribution in [2.75, 3.05) is 12.5 Å². The molecule has 0 atom stereocenters. The van der Waals surface area contributed by atoms with Gasteiger partial charge in [0.2, 0.25) is 11.6 Å². The zero-order valence-corrected chi connectivity index (χ0v) is 23.4. The number of hydrogen-bond acceptors (Lipinski definition) is 5. The molecule has 0 fully saturated rings. The number of Topliss-reactive ketones (excluding diaryl/α,β-unsaturated/α-hetero) is 2. The van der Waals surface area contributed by atoms with Crippen LogP contribution >= 0.6 is 11.8 Å². The molecule has 212 valence electrons. The van der Waals surface area contributed by atoms with Crippen LogP contribution in [0.1, 0.15) is 51.7 Å². The van der Waals surface area contributed by atoms with Crippen molar-refractivity contribution in [3.05, 3.63) is 59.7 Å². The third kappa shape index (κ3) is 9.44.